The standard InChI is InChI=1S/C44H50N8O4/c1-26(2)39(51-44(55)56-3)43(54)52-21-5-7-36(52)40-46-24-34(49-40)30-12-8-28(9-13-30)29-10-14-31(15-11-29)35-25-47-41(50-35)37-32-16-18-33(19-17-32)38(37)42(53)48-23-27-6-4-20-45-22-27/h4,6,8-15,20,22,24-26,32-33,36-39H,5,7,16-19,21,23H2,1-3H3,(H,46,49)(H,47,50)(H,48,53)(H,51,55)/t32-,33+,36-,37+,38+,39?/m0/s1. The van der Waals surface area contributed by atoms with Crippen molar-refractivity contribution in [3.63, 3.8) is 0 Å². The van der Waals surface area contributed by atoms with E-state index < -0.39 is 12.1 Å². The molecule has 9 rings (SSSR count). The van der Waals surface area contributed by atoms with Crippen LogP contribution in [0.3, 0.4) is 0 Å². The van der Waals surface area contributed by atoms with Crippen LogP contribution >= 0.6 is 0 Å². The molecule has 12 nitrogen and oxygen atoms in total. The van der Waals surface area contributed by atoms with E-state index in [0.29, 0.717) is 24.9 Å². The minimum atomic E-state index is -0.677. The van der Waals surface area contributed by atoms with Crippen molar-refractivity contribution in [2.24, 2.45) is 23.7 Å². The van der Waals surface area contributed by atoms with Gasteiger partial charge in [-0.05, 0) is 90.2 Å². The Bertz CT molecular complexity index is 2140. The lowest BCUT2D eigenvalue weighted by Crippen LogP contribution is -2.51. The van der Waals surface area contributed by atoms with Gasteiger partial charge in [0.25, 0.3) is 0 Å². The molecule has 12 heteroatoms. The molecule has 3 aliphatic carbocycles. The number of imidazole rings is 2. The number of nitrogens with zero attached hydrogens (tertiary/aromatic N) is 4. The number of aromatic nitrogens is 5. The molecule has 4 fully saturated rings. The number of fused-ring (bicyclic) bond motifs is 3. The lowest BCUT2D eigenvalue weighted by atomic mass is 9.58. The highest BCUT2D eigenvalue weighted by Crippen LogP contribution is 2.53. The number of rotatable bonds is 11. The Balaban J connectivity index is 0.926. The lowest BCUT2D eigenvalue weighted by Gasteiger charge is -2.47. The molecule has 1 aliphatic heterocycles. The van der Waals surface area contributed by atoms with E-state index in [1.54, 1.807) is 12.4 Å². The molecule has 3 aromatic heterocycles. The van der Waals surface area contributed by atoms with Gasteiger partial charge in [0.1, 0.15) is 17.7 Å². The molecule has 1 unspecified atom stereocenters. The Kier molecular flexibility index (Phi) is 10.7. The number of ether oxygens (including phenoxy) is 1. The summed E-state index contributed by atoms with van der Waals surface area (Å²) >= 11 is 0. The molecule has 4 heterocycles. The summed E-state index contributed by atoms with van der Waals surface area (Å²) in [5.41, 5.74) is 7.07. The second kappa shape index (κ2) is 16.1. The van der Waals surface area contributed by atoms with Gasteiger partial charge in [-0.2, -0.15) is 0 Å². The van der Waals surface area contributed by atoms with Crippen LogP contribution in [0.4, 0.5) is 4.79 Å². The summed E-state index contributed by atoms with van der Waals surface area (Å²) in [5.74, 6) is 2.38. The van der Waals surface area contributed by atoms with Gasteiger partial charge >= 0.3 is 6.09 Å². The van der Waals surface area contributed by atoms with Gasteiger partial charge in [-0.25, -0.2) is 14.8 Å². The van der Waals surface area contributed by atoms with Gasteiger partial charge in [-0.1, -0.05) is 68.4 Å². The largest absolute Gasteiger partial charge is 0.453 e. The zero-order valence-electron chi connectivity index (χ0n) is 32.2. The van der Waals surface area contributed by atoms with Crippen molar-refractivity contribution in [3.8, 4) is 33.6 Å². The molecule has 5 aromatic rings. The summed E-state index contributed by atoms with van der Waals surface area (Å²) in [6.45, 7) is 4.91. The number of methoxy groups -OCH3 is 1. The number of amides is 3. The summed E-state index contributed by atoms with van der Waals surface area (Å²) in [7, 11) is 1.30. The minimum Gasteiger partial charge on any atom is -0.453 e. The number of hydrogen-bond acceptors (Lipinski definition) is 7. The summed E-state index contributed by atoms with van der Waals surface area (Å²) in [6.07, 6.45) is 12.8. The smallest absolute Gasteiger partial charge is 0.407 e. The fourth-order valence-electron chi connectivity index (χ4n) is 9.21. The zero-order valence-corrected chi connectivity index (χ0v) is 32.2. The van der Waals surface area contributed by atoms with Crippen LogP contribution in [0, 0.1) is 23.7 Å². The van der Waals surface area contributed by atoms with Crippen molar-refractivity contribution in [2.75, 3.05) is 13.7 Å². The topological polar surface area (TPSA) is 158 Å². The van der Waals surface area contributed by atoms with Crippen molar-refractivity contribution < 1.29 is 19.1 Å². The molecule has 2 aromatic carbocycles. The SMILES string of the molecule is COC(=O)NC(C(=O)N1CCC[C@H]1c1ncc(-c2ccc(-c3ccc(-c4cnc([C@@H]5[C@H]6CC[C@H](CC6)[C@H]5C(=O)NCc5cccnc5)[nH]4)cc3)cc2)[nH]1)C(C)C. The quantitative estimate of drug-likeness (QED) is 0.109. The first kappa shape index (κ1) is 37.2. The second-order valence-electron chi connectivity index (χ2n) is 15.9. The molecular weight excluding hydrogens is 705 g/mol. The highest BCUT2D eigenvalue weighted by Gasteiger charge is 2.48. The van der Waals surface area contributed by atoms with Gasteiger partial charge in [0, 0.05) is 31.4 Å². The monoisotopic (exact) mass is 754 g/mol. The van der Waals surface area contributed by atoms with Gasteiger partial charge in [0.05, 0.1) is 42.9 Å². The number of carbonyl (C=O) groups is 3. The third-order valence-electron chi connectivity index (χ3n) is 12.2. The number of nitrogens with one attached hydrogen (secondary N) is 4. The number of aromatic amines is 2. The molecule has 0 radical (unpaired) electrons. The van der Waals surface area contributed by atoms with E-state index in [-0.39, 0.29) is 35.6 Å². The Morgan fingerprint density at radius 2 is 1.41 bits per heavy atom. The molecule has 2 bridgehead atoms. The summed E-state index contributed by atoms with van der Waals surface area (Å²) in [4.78, 5) is 61.8. The number of carbonyl (C=O) groups excluding carboxylic acids is 3. The first-order chi connectivity index (χ1) is 27.3. The van der Waals surface area contributed by atoms with Gasteiger partial charge in [0.15, 0.2) is 0 Å². The average Bonchev–Trinajstić information content (AvgIpc) is 4.04. The van der Waals surface area contributed by atoms with E-state index >= 15 is 0 Å². The first-order valence-electron chi connectivity index (χ1n) is 19.9. The van der Waals surface area contributed by atoms with Crippen LogP contribution in [-0.4, -0.2) is 67.4 Å². The van der Waals surface area contributed by atoms with Gasteiger partial charge in [-0.15, -0.1) is 0 Å². The van der Waals surface area contributed by atoms with E-state index in [4.69, 9.17) is 14.7 Å². The predicted octanol–water partition coefficient (Wildman–Crippen LogP) is 7.41. The van der Waals surface area contributed by atoms with Crippen LogP contribution in [0.25, 0.3) is 33.6 Å². The fraction of sp³-hybridized carbons (Fsp3) is 0.409. The molecule has 56 heavy (non-hydrogen) atoms. The van der Waals surface area contributed by atoms with Crippen molar-refractivity contribution in [1.29, 1.82) is 0 Å². The van der Waals surface area contributed by atoms with Crippen LogP contribution < -0.4 is 10.6 Å². The molecule has 4 aliphatic rings. The fourth-order valence-corrected chi connectivity index (χ4v) is 9.21. The molecule has 3 amide bonds. The van der Waals surface area contributed by atoms with E-state index in [0.717, 1.165) is 89.4 Å². The van der Waals surface area contributed by atoms with Crippen LogP contribution in [0.1, 0.15) is 81.5 Å². The maximum atomic E-state index is 13.7. The van der Waals surface area contributed by atoms with Gasteiger partial charge < -0.3 is 30.2 Å². The Hall–Kier alpha value is -5.78. The minimum absolute atomic E-state index is 0.0843. The number of pyridine rings is 1. The summed E-state index contributed by atoms with van der Waals surface area (Å²) in [5, 5.41) is 5.91. The van der Waals surface area contributed by atoms with Crippen LogP contribution in [0.5, 0.6) is 0 Å². The number of alkyl carbamates (subject to hydrolysis) is 1. The predicted molar refractivity (Wildman–Crippen MR) is 213 cm³/mol. The lowest BCUT2D eigenvalue weighted by molar-refractivity contribution is -0.135. The second-order valence-corrected chi connectivity index (χ2v) is 15.9. The van der Waals surface area contributed by atoms with Gasteiger partial charge in [0.2, 0.25) is 11.8 Å². The Morgan fingerprint density at radius 1 is 0.804 bits per heavy atom. The van der Waals surface area contributed by atoms with Crippen molar-refractivity contribution >= 4 is 17.9 Å². The maximum Gasteiger partial charge on any atom is 0.407 e. The number of likely N-dealkylation sites (tertiary alicyclic amines) is 1. The molecule has 4 N–H and O–H groups in total. The third-order valence-corrected chi connectivity index (χ3v) is 12.2. The Morgan fingerprint density at radius 3 is 2.02 bits per heavy atom. The molecule has 1 saturated heterocycles. The number of H-pyrrole nitrogens is 2. The van der Waals surface area contributed by atoms with Crippen LogP contribution in [0.2, 0.25) is 0 Å². The van der Waals surface area contributed by atoms with Gasteiger partial charge in [-0.3, -0.25) is 14.6 Å². The summed E-state index contributed by atoms with van der Waals surface area (Å²) < 4.78 is 4.76. The van der Waals surface area contributed by atoms with Crippen molar-refractivity contribution in [2.45, 2.75) is 76.9 Å². The molecule has 0 spiro atoms. The molecule has 4 atom stereocenters. The average molecular weight is 755 g/mol. The van der Waals surface area contributed by atoms with Crippen LogP contribution in [0.15, 0.2) is 85.5 Å². The van der Waals surface area contributed by atoms with Crippen molar-refractivity contribution in [3.05, 3.63) is 103 Å². The van der Waals surface area contributed by atoms with E-state index in [1.807, 2.05) is 43.3 Å². The molecular formula is C44H50N8O4. The number of benzene rings is 2. The normalized spacial score (nSPS) is 22.2. The summed E-state index contributed by atoms with van der Waals surface area (Å²) in [6, 6.07) is 19.9. The van der Waals surface area contributed by atoms with E-state index in [9.17, 15) is 14.4 Å². The number of hydrogen-bond donors (Lipinski definition) is 4. The van der Waals surface area contributed by atoms with Crippen molar-refractivity contribution in [1.82, 2.24) is 40.5 Å². The third kappa shape index (κ3) is 7.56. The Labute approximate surface area is 327 Å². The molecule has 3 saturated carbocycles. The van der Waals surface area contributed by atoms with E-state index in [2.05, 4.69) is 74.1 Å². The highest BCUT2D eigenvalue weighted by molar-refractivity contribution is 5.86. The highest BCUT2D eigenvalue weighted by atomic mass is 16.5. The first-order valence-corrected chi connectivity index (χ1v) is 19.9. The molecule has 290 valence electrons. The van der Waals surface area contributed by atoms with Crippen LogP contribution in [-0.2, 0) is 20.9 Å². The zero-order chi connectivity index (χ0) is 38.8. The van der Waals surface area contributed by atoms with E-state index in [1.165, 1.54) is 7.11 Å². The maximum absolute atomic E-state index is 13.7.